The van der Waals surface area contributed by atoms with Gasteiger partial charge < -0.3 is 15.7 Å². The van der Waals surface area contributed by atoms with E-state index in [1.54, 1.807) is 13.8 Å². The average Bonchev–Trinajstić information content (AvgIpc) is 3.23. The minimum Gasteiger partial charge on any atom is -0.479 e. The number of amides is 2. The van der Waals surface area contributed by atoms with Crippen molar-refractivity contribution in [3.05, 3.63) is 35.9 Å². The molecule has 0 heterocycles. The Labute approximate surface area is 241 Å². The first kappa shape index (κ1) is 32.4. The number of carbonyl (C=O) groups is 5. The largest absolute Gasteiger partial charge is 0.479 e. The molecule has 0 saturated heterocycles. The van der Waals surface area contributed by atoms with E-state index < -0.39 is 68.7 Å². The molecule has 226 valence electrons. The van der Waals surface area contributed by atoms with Crippen LogP contribution in [0.2, 0.25) is 0 Å². The van der Waals surface area contributed by atoms with E-state index in [0.717, 1.165) is 12.0 Å². The van der Waals surface area contributed by atoms with Gasteiger partial charge in [-0.25, -0.2) is 17.9 Å². The number of hydrogen-bond acceptors (Lipinski definition) is 7. The zero-order valence-electron chi connectivity index (χ0n) is 24.1. The van der Waals surface area contributed by atoms with Gasteiger partial charge in [-0.15, -0.1) is 0 Å². The van der Waals surface area contributed by atoms with E-state index in [-0.39, 0.29) is 24.0 Å². The lowest BCUT2D eigenvalue weighted by Gasteiger charge is -2.36. The first-order valence-corrected chi connectivity index (χ1v) is 15.6. The Balaban J connectivity index is 1.56. The van der Waals surface area contributed by atoms with Gasteiger partial charge in [-0.2, -0.15) is 0 Å². The van der Waals surface area contributed by atoms with Gasteiger partial charge in [0.05, 0.1) is 12.3 Å². The van der Waals surface area contributed by atoms with E-state index in [9.17, 15) is 37.5 Å². The van der Waals surface area contributed by atoms with Gasteiger partial charge in [-0.05, 0) is 42.1 Å². The minimum absolute atomic E-state index is 0.102. The third-order valence-corrected chi connectivity index (χ3v) is 10.5. The molecule has 2 unspecified atom stereocenters. The highest BCUT2D eigenvalue weighted by Gasteiger charge is 2.65. The summed E-state index contributed by atoms with van der Waals surface area (Å²) in [6.45, 7) is 6.68. The number of carboxylic acid groups (broad SMARTS) is 1. The lowest BCUT2D eigenvalue weighted by Crippen LogP contribution is -2.53. The van der Waals surface area contributed by atoms with E-state index >= 15 is 0 Å². The van der Waals surface area contributed by atoms with Crippen molar-refractivity contribution in [1.29, 1.82) is 0 Å². The number of fused-ring (bicyclic) bond motifs is 2. The quantitative estimate of drug-likeness (QED) is 0.222. The fraction of sp³-hybridized carbons (Fsp3) is 0.621. The zero-order valence-corrected chi connectivity index (χ0v) is 24.9. The lowest BCUT2D eigenvalue weighted by molar-refractivity contribution is -0.146. The number of aliphatic carboxylic acids is 1. The van der Waals surface area contributed by atoms with Crippen molar-refractivity contribution in [3.63, 3.8) is 0 Å². The predicted octanol–water partition coefficient (Wildman–Crippen LogP) is 1.46. The fourth-order valence-corrected chi connectivity index (χ4v) is 7.98. The van der Waals surface area contributed by atoms with Gasteiger partial charge in [0.1, 0.15) is 5.78 Å². The van der Waals surface area contributed by atoms with Crippen LogP contribution in [0.3, 0.4) is 0 Å². The van der Waals surface area contributed by atoms with Crippen LogP contribution < -0.4 is 15.4 Å². The molecule has 12 heteroatoms. The van der Waals surface area contributed by atoms with Crippen LogP contribution in [0, 0.1) is 28.6 Å². The molecule has 1 aromatic carbocycles. The molecule has 0 aromatic heterocycles. The van der Waals surface area contributed by atoms with E-state index in [1.165, 1.54) is 0 Å². The van der Waals surface area contributed by atoms with Gasteiger partial charge in [0.25, 0.3) is 0 Å². The highest BCUT2D eigenvalue weighted by atomic mass is 32.2. The molecule has 4 atom stereocenters. The van der Waals surface area contributed by atoms with Crippen molar-refractivity contribution < 1.29 is 37.5 Å². The summed E-state index contributed by atoms with van der Waals surface area (Å²) >= 11 is 0. The number of sulfonamides is 1. The summed E-state index contributed by atoms with van der Waals surface area (Å²) in [4.78, 5) is 62.8. The summed E-state index contributed by atoms with van der Waals surface area (Å²) in [7, 11) is -4.12. The highest BCUT2D eigenvalue weighted by Crippen LogP contribution is 2.64. The smallest absolute Gasteiger partial charge is 0.334 e. The molecule has 2 fully saturated rings. The Morgan fingerprint density at radius 1 is 1.10 bits per heavy atom. The van der Waals surface area contributed by atoms with Gasteiger partial charge >= 0.3 is 5.97 Å². The highest BCUT2D eigenvalue weighted by molar-refractivity contribution is 7.89. The van der Waals surface area contributed by atoms with Crippen LogP contribution in [0.25, 0.3) is 0 Å². The Morgan fingerprint density at radius 2 is 1.76 bits per heavy atom. The Morgan fingerprint density at radius 3 is 2.29 bits per heavy atom. The molecular formula is C29H41N3O8S. The summed E-state index contributed by atoms with van der Waals surface area (Å²) in [5.41, 5.74) is -0.505. The first-order chi connectivity index (χ1) is 19.1. The second-order valence-electron chi connectivity index (χ2n) is 12.1. The molecule has 2 aliphatic rings. The SMILES string of the molecule is CC(C)[C@H](CC(=O)NCCc1ccccc1)C(=O)NC(C(=O)O)C(=O)CNS(=O)(=O)C[C@]12CCC(CC1=O)C2(C)C. The molecule has 2 bridgehead atoms. The van der Waals surface area contributed by atoms with E-state index in [4.69, 9.17) is 0 Å². The molecule has 2 amide bonds. The van der Waals surface area contributed by atoms with Crippen molar-refractivity contribution in [1.82, 2.24) is 15.4 Å². The molecule has 0 radical (unpaired) electrons. The fourth-order valence-electron chi connectivity index (χ4n) is 6.19. The molecule has 2 saturated carbocycles. The van der Waals surface area contributed by atoms with Crippen molar-refractivity contribution in [2.45, 2.75) is 65.8 Å². The van der Waals surface area contributed by atoms with Gasteiger partial charge in [0.2, 0.25) is 21.8 Å². The maximum Gasteiger partial charge on any atom is 0.334 e. The Bertz CT molecular complexity index is 1280. The zero-order chi connectivity index (χ0) is 30.6. The molecular weight excluding hydrogens is 550 g/mol. The van der Waals surface area contributed by atoms with Crippen molar-refractivity contribution in [2.75, 3.05) is 18.8 Å². The number of hydrogen-bond donors (Lipinski definition) is 4. The normalized spacial score (nSPS) is 22.8. The number of Topliss-reactive ketones (excluding diaryl/α,β-unsaturated/α-hetero) is 2. The maximum absolute atomic E-state index is 13.0. The summed E-state index contributed by atoms with van der Waals surface area (Å²) < 4.78 is 28.0. The lowest BCUT2D eigenvalue weighted by atomic mass is 9.70. The van der Waals surface area contributed by atoms with E-state index in [1.807, 2.05) is 44.2 Å². The van der Waals surface area contributed by atoms with Crippen LogP contribution in [0.15, 0.2) is 30.3 Å². The van der Waals surface area contributed by atoms with E-state index in [0.29, 0.717) is 25.8 Å². The van der Waals surface area contributed by atoms with Crippen LogP contribution in [0.5, 0.6) is 0 Å². The summed E-state index contributed by atoms with van der Waals surface area (Å²) in [5.74, 6) is -5.63. The molecule has 2 aliphatic carbocycles. The number of rotatable bonds is 15. The van der Waals surface area contributed by atoms with Crippen molar-refractivity contribution in [3.8, 4) is 0 Å². The molecule has 1 aromatic rings. The summed E-state index contributed by atoms with van der Waals surface area (Å²) in [5, 5.41) is 14.6. The van der Waals surface area contributed by atoms with Crippen molar-refractivity contribution >= 4 is 39.4 Å². The second kappa shape index (κ2) is 12.8. The van der Waals surface area contributed by atoms with Gasteiger partial charge in [-0.1, -0.05) is 58.0 Å². The third-order valence-electron chi connectivity index (χ3n) is 9.02. The van der Waals surface area contributed by atoms with Crippen LogP contribution >= 0.6 is 0 Å². The minimum atomic E-state index is -4.12. The number of benzene rings is 1. The first-order valence-electron chi connectivity index (χ1n) is 14.0. The monoisotopic (exact) mass is 591 g/mol. The maximum atomic E-state index is 13.0. The molecule has 41 heavy (non-hydrogen) atoms. The van der Waals surface area contributed by atoms with Crippen LogP contribution in [-0.2, 0) is 40.4 Å². The van der Waals surface area contributed by atoms with Crippen LogP contribution in [0.1, 0.15) is 58.9 Å². The average molecular weight is 592 g/mol. The predicted molar refractivity (Wildman–Crippen MR) is 151 cm³/mol. The van der Waals surface area contributed by atoms with Crippen LogP contribution in [0.4, 0.5) is 0 Å². The third kappa shape index (κ3) is 7.40. The molecule has 0 aliphatic heterocycles. The number of carbonyl (C=O) groups excluding carboxylic acids is 4. The Hall–Kier alpha value is -3.12. The van der Waals surface area contributed by atoms with Gasteiger partial charge in [0, 0.05) is 30.7 Å². The summed E-state index contributed by atoms with van der Waals surface area (Å²) in [6.07, 6.45) is 1.92. The Kier molecular flexibility index (Phi) is 10.1. The standard InChI is InChI=1S/C29H41N3O8S/c1-18(2)21(15-24(35)30-13-11-19-8-6-5-7-9-19)26(36)32-25(27(37)38)22(33)16-31-41(39,40)17-29-12-10-20(14-23(29)34)28(29,3)4/h5-9,18,20-21,25,31H,10-17H2,1-4H3,(H,30,35)(H,32,36)(H,37,38)/t20?,21-,25?,29+/m0/s1. The number of carboxylic acids is 1. The molecule has 0 spiro atoms. The number of nitrogens with one attached hydrogen (secondary N) is 3. The number of ketones is 2. The van der Waals surface area contributed by atoms with Gasteiger partial charge in [0.15, 0.2) is 11.8 Å². The topological polar surface area (TPSA) is 176 Å². The summed E-state index contributed by atoms with van der Waals surface area (Å²) in [6, 6.07) is 7.52. The van der Waals surface area contributed by atoms with Crippen LogP contribution in [-0.4, -0.2) is 67.8 Å². The van der Waals surface area contributed by atoms with E-state index in [2.05, 4.69) is 15.4 Å². The second-order valence-corrected chi connectivity index (χ2v) is 13.9. The van der Waals surface area contributed by atoms with Gasteiger partial charge in [-0.3, -0.25) is 19.2 Å². The molecule has 3 rings (SSSR count). The van der Waals surface area contributed by atoms with Crippen molar-refractivity contribution in [2.24, 2.45) is 28.6 Å². The molecule has 11 nitrogen and oxygen atoms in total. The molecule has 4 N–H and O–H groups in total.